The molecule has 1 aliphatic rings. The molecule has 0 unspecified atom stereocenters. The van der Waals surface area contributed by atoms with E-state index in [-0.39, 0.29) is 0 Å². The van der Waals surface area contributed by atoms with Gasteiger partial charge in [-0.1, -0.05) is 32.0 Å². The van der Waals surface area contributed by atoms with Crippen LogP contribution in [0.2, 0.25) is 0 Å². The first-order chi connectivity index (χ1) is 11.1. The Morgan fingerprint density at radius 1 is 1.30 bits per heavy atom. The van der Waals surface area contributed by atoms with Crippen LogP contribution >= 0.6 is 0 Å². The van der Waals surface area contributed by atoms with Gasteiger partial charge in [0.1, 0.15) is 12.6 Å². The van der Waals surface area contributed by atoms with Gasteiger partial charge in [-0.15, -0.1) is 0 Å². The van der Waals surface area contributed by atoms with E-state index in [2.05, 4.69) is 13.8 Å². The summed E-state index contributed by atoms with van der Waals surface area (Å²) >= 11 is 0. The number of aliphatic hydroxyl groups excluding tert-OH is 1. The number of hydrogen-bond acceptors (Lipinski definition) is 2. The van der Waals surface area contributed by atoms with Crippen LogP contribution in [0.3, 0.4) is 0 Å². The Hall–Kier alpha value is -1.65. The highest BCUT2D eigenvalue weighted by atomic mass is 16.3. The predicted octanol–water partition coefficient (Wildman–Crippen LogP) is 1.38. The maximum Gasteiger partial charge on any atom is 0.152 e. The Morgan fingerprint density at radius 2 is 2.00 bits per heavy atom. The molecule has 2 N–H and O–H groups in total. The summed E-state index contributed by atoms with van der Waals surface area (Å²) < 4.78 is 2.01. The SMILES string of the molecule is C[C@@H]1C[C@@H](C)C[NH+](C[C@H](O)Cn2cc(C=O)c3ccccc32)C1. The van der Waals surface area contributed by atoms with E-state index in [9.17, 15) is 9.90 Å². The zero-order valence-corrected chi connectivity index (χ0v) is 14.0. The van der Waals surface area contributed by atoms with Gasteiger partial charge in [0.2, 0.25) is 0 Å². The molecule has 4 heteroatoms. The van der Waals surface area contributed by atoms with E-state index in [0.29, 0.717) is 12.1 Å². The Balaban J connectivity index is 1.70. The van der Waals surface area contributed by atoms with Crippen LogP contribution in [0.1, 0.15) is 30.6 Å². The molecule has 1 aromatic carbocycles. The van der Waals surface area contributed by atoms with Gasteiger partial charge in [0.15, 0.2) is 6.29 Å². The smallest absolute Gasteiger partial charge is 0.152 e. The van der Waals surface area contributed by atoms with Crippen molar-refractivity contribution in [2.45, 2.75) is 32.9 Å². The van der Waals surface area contributed by atoms with Crippen molar-refractivity contribution >= 4 is 17.2 Å². The molecule has 0 bridgehead atoms. The molecule has 1 aliphatic heterocycles. The van der Waals surface area contributed by atoms with Gasteiger partial charge < -0.3 is 14.6 Å². The summed E-state index contributed by atoms with van der Waals surface area (Å²) in [6.45, 7) is 8.22. The second-order valence-electron chi connectivity index (χ2n) is 7.33. The first kappa shape index (κ1) is 16.2. The van der Waals surface area contributed by atoms with E-state index in [4.69, 9.17) is 0 Å². The number of nitrogens with zero attached hydrogens (tertiary/aromatic N) is 1. The minimum atomic E-state index is -0.391. The number of fused-ring (bicyclic) bond motifs is 1. The lowest BCUT2D eigenvalue weighted by Gasteiger charge is -2.33. The second-order valence-corrected chi connectivity index (χ2v) is 7.33. The molecule has 0 aliphatic carbocycles. The van der Waals surface area contributed by atoms with Crippen LogP contribution in [0.15, 0.2) is 30.5 Å². The predicted molar refractivity (Wildman–Crippen MR) is 91.8 cm³/mol. The van der Waals surface area contributed by atoms with Gasteiger partial charge in [-0.25, -0.2) is 0 Å². The molecule has 1 saturated heterocycles. The summed E-state index contributed by atoms with van der Waals surface area (Å²) in [7, 11) is 0. The number of aliphatic hydroxyl groups is 1. The third-order valence-electron chi connectivity index (χ3n) is 4.96. The zero-order valence-electron chi connectivity index (χ0n) is 14.0. The third kappa shape index (κ3) is 3.65. The molecule has 2 aromatic rings. The van der Waals surface area contributed by atoms with E-state index < -0.39 is 6.10 Å². The van der Waals surface area contributed by atoms with Gasteiger partial charge in [0, 0.05) is 34.5 Å². The standard InChI is InChI=1S/C19H26N2O2/c1-14-7-15(2)9-20(8-14)11-17(23)12-21-10-16(13-22)18-5-3-4-6-19(18)21/h3-6,10,13-15,17,23H,7-9,11-12H2,1-2H3/p+1/t14-,15-,17+/m1/s1. The number of para-hydroxylation sites is 1. The fraction of sp³-hybridized carbons (Fsp3) is 0.526. The van der Waals surface area contributed by atoms with Crippen LogP contribution < -0.4 is 4.90 Å². The van der Waals surface area contributed by atoms with Crippen LogP contribution in [0.4, 0.5) is 0 Å². The lowest BCUT2D eigenvalue weighted by Crippen LogP contribution is -3.15. The van der Waals surface area contributed by atoms with Crippen molar-refractivity contribution in [1.82, 2.24) is 4.57 Å². The van der Waals surface area contributed by atoms with Gasteiger partial charge in [-0.05, 0) is 12.5 Å². The molecular formula is C19H27N2O2+. The molecule has 23 heavy (non-hydrogen) atoms. The average molecular weight is 315 g/mol. The summed E-state index contributed by atoms with van der Waals surface area (Å²) in [5.74, 6) is 1.46. The van der Waals surface area contributed by atoms with Crippen molar-refractivity contribution in [3.8, 4) is 0 Å². The van der Waals surface area contributed by atoms with Crippen molar-refractivity contribution in [3.63, 3.8) is 0 Å². The van der Waals surface area contributed by atoms with Crippen LogP contribution in [-0.4, -0.2) is 41.7 Å². The topological polar surface area (TPSA) is 46.7 Å². The molecule has 1 fully saturated rings. The van der Waals surface area contributed by atoms with E-state index in [1.54, 1.807) is 0 Å². The largest absolute Gasteiger partial charge is 0.385 e. The van der Waals surface area contributed by atoms with Crippen molar-refractivity contribution in [2.24, 2.45) is 11.8 Å². The molecule has 124 valence electrons. The molecule has 4 nitrogen and oxygen atoms in total. The number of carbonyl (C=O) groups excluding carboxylic acids is 1. The Kier molecular flexibility index (Phi) is 4.83. The summed E-state index contributed by atoms with van der Waals surface area (Å²) in [5.41, 5.74) is 1.71. The number of benzene rings is 1. The Bertz CT molecular complexity index is 669. The van der Waals surface area contributed by atoms with E-state index in [1.165, 1.54) is 11.3 Å². The first-order valence-electron chi connectivity index (χ1n) is 8.61. The van der Waals surface area contributed by atoms with Crippen LogP contribution in [0.25, 0.3) is 10.9 Å². The minimum absolute atomic E-state index is 0.391. The number of piperidine rings is 1. The van der Waals surface area contributed by atoms with Gasteiger partial charge in [0.25, 0.3) is 0 Å². The van der Waals surface area contributed by atoms with E-state index in [1.807, 2.05) is 35.0 Å². The average Bonchev–Trinajstić information content (AvgIpc) is 2.84. The number of likely N-dealkylation sites (tertiary alicyclic amines) is 1. The van der Waals surface area contributed by atoms with E-state index in [0.717, 1.165) is 48.7 Å². The molecule has 0 spiro atoms. The lowest BCUT2D eigenvalue weighted by atomic mass is 9.92. The summed E-state index contributed by atoms with van der Waals surface area (Å²) in [5, 5.41) is 11.5. The van der Waals surface area contributed by atoms with Crippen molar-refractivity contribution < 1.29 is 14.8 Å². The van der Waals surface area contributed by atoms with Crippen LogP contribution in [0, 0.1) is 11.8 Å². The van der Waals surface area contributed by atoms with Crippen LogP contribution in [-0.2, 0) is 6.54 Å². The van der Waals surface area contributed by atoms with Gasteiger partial charge in [-0.2, -0.15) is 0 Å². The Morgan fingerprint density at radius 3 is 2.70 bits per heavy atom. The first-order valence-corrected chi connectivity index (χ1v) is 8.61. The monoisotopic (exact) mass is 315 g/mol. The van der Waals surface area contributed by atoms with Crippen molar-refractivity contribution in [2.75, 3.05) is 19.6 Å². The summed E-state index contributed by atoms with van der Waals surface area (Å²) in [6, 6.07) is 7.88. The molecule has 0 saturated carbocycles. The third-order valence-corrected chi connectivity index (χ3v) is 4.96. The summed E-state index contributed by atoms with van der Waals surface area (Å²) in [6.07, 6.45) is 3.66. The van der Waals surface area contributed by atoms with Gasteiger partial charge in [-0.3, -0.25) is 4.79 Å². The van der Waals surface area contributed by atoms with E-state index >= 15 is 0 Å². The Labute approximate surface area is 137 Å². The number of nitrogens with one attached hydrogen (secondary N) is 1. The molecule has 1 aromatic heterocycles. The van der Waals surface area contributed by atoms with Crippen LogP contribution in [0.5, 0.6) is 0 Å². The molecular weight excluding hydrogens is 288 g/mol. The minimum Gasteiger partial charge on any atom is -0.385 e. The van der Waals surface area contributed by atoms with Gasteiger partial charge in [0.05, 0.1) is 19.6 Å². The number of aldehydes is 1. The normalized spacial score (nSPS) is 26.3. The molecule has 0 amide bonds. The summed E-state index contributed by atoms with van der Waals surface area (Å²) in [4.78, 5) is 12.7. The van der Waals surface area contributed by atoms with Crippen molar-refractivity contribution in [1.29, 1.82) is 0 Å². The molecule has 3 rings (SSSR count). The van der Waals surface area contributed by atoms with Gasteiger partial charge >= 0.3 is 0 Å². The lowest BCUT2D eigenvalue weighted by molar-refractivity contribution is -0.915. The molecule has 3 atom stereocenters. The highest BCUT2D eigenvalue weighted by molar-refractivity contribution is 5.97. The molecule has 2 heterocycles. The maximum atomic E-state index is 11.2. The zero-order chi connectivity index (χ0) is 16.4. The fourth-order valence-electron chi connectivity index (χ4n) is 4.23. The number of carbonyl (C=O) groups is 1. The highest BCUT2D eigenvalue weighted by Crippen LogP contribution is 2.20. The van der Waals surface area contributed by atoms with Crippen molar-refractivity contribution in [3.05, 3.63) is 36.0 Å². The number of aromatic nitrogens is 1. The molecule has 0 radical (unpaired) electrons. The second kappa shape index (κ2) is 6.85. The fourth-order valence-corrected chi connectivity index (χ4v) is 4.23. The maximum absolute atomic E-state index is 11.2. The number of rotatable bonds is 5. The quantitative estimate of drug-likeness (QED) is 0.819. The number of quaternary nitrogens is 1. The highest BCUT2D eigenvalue weighted by Gasteiger charge is 2.27. The number of hydrogen-bond donors (Lipinski definition) is 2.